The van der Waals surface area contributed by atoms with Crippen LogP contribution in [-0.4, -0.2) is 60.1 Å². The van der Waals surface area contributed by atoms with Crippen molar-refractivity contribution in [3.63, 3.8) is 0 Å². The number of aliphatic imine (C=N–C) groups is 1. The number of esters is 1. The third-order valence-corrected chi connectivity index (χ3v) is 8.06. The van der Waals surface area contributed by atoms with Crippen LogP contribution < -0.4 is 21.3 Å². The SMILES string of the molecule is Cc1cc(C(=O)NC(C)/N=C(/c2ccccc2)c2cc(N)ccc2N(C=O)CC(=O)NC2CC(=O)OC2OCc2ccccc2)cc(C)c1O. The van der Waals surface area contributed by atoms with Crippen LogP contribution in [0, 0.1) is 13.8 Å². The molecule has 12 heteroatoms. The average Bonchev–Trinajstić information content (AvgIpc) is 3.46. The van der Waals surface area contributed by atoms with Gasteiger partial charge in [-0.05, 0) is 67.8 Å². The predicted molar refractivity (Wildman–Crippen MR) is 189 cm³/mol. The number of nitrogens with one attached hydrogen (secondary N) is 2. The predicted octanol–water partition coefficient (Wildman–Crippen LogP) is 4.14. The number of carbonyl (C=O) groups is 4. The number of benzene rings is 4. The first-order valence-electron chi connectivity index (χ1n) is 16.0. The molecular formula is C38H39N5O7. The van der Waals surface area contributed by atoms with E-state index in [-0.39, 0.29) is 24.7 Å². The Balaban J connectivity index is 1.38. The largest absolute Gasteiger partial charge is 0.507 e. The van der Waals surface area contributed by atoms with Crippen molar-refractivity contribution in [3.8, 4) is 5.75 Å². The molecule has 0 radical (unpaired) electrons. The molecule has 3 unspecified atom stereocenters. The third kappa shape index (κ3) is 8.71. The Morgan fingerprint density at radius 1 is 1.02 bits per heavy atom. The second-order valence-electron chi connectivity index (χ2n) is 12.0. The fourth-order valence-corrected chi connectivity index (χ4v) is 5.62. The summed E-state index contributed by atoms with van der Waals surface area (Å²) >= 11 is 0. The van der Waals surface area contributed by atoms with Crippen LogP contribution in [0.1, 0.15) is 51.5 Å². The highest BCUT2D eigenvalue weighted by Gasteiger charge is 2.37. The van der Waals surface area contributed by atoms with E-state index in [4.69, 9.17) is 20.2 Å². The summed E-state index contributed by atoms with van der Waals surface area (Å²) in [5.74, 6) is -1.32. The molecule has 0 bridgehead atoms. The first-order valence-corrected chi connectivity index (χ1v) is 16.0. The Labute approximate surface area is 289 Å². The van der Waals surface area contributed by atoms with Crippen LogP contribution in [0.5, 0.6) is 5.75 Å². The molecule has 1 heterocycles. The van der Waals surface area contributed by atoms with Gasteiger partial charge in [0.2, 0.25) is 18.6 Å². The Bertz CT molecular complexity index is 1880. The lowest BCUT2D eigenvalue weighted by molar-refractivity contribution is -0.168. The fraction of sp³-hybridized carbons (Fsp3) is 0.237. The summed E-state index contributed by atoms with van der Waals surface area (Å²) in [5, 5.41) is 15.8. The highest BCUT2D eigenvalue weighted by Crippen LogP contribution is 2.27. The zero-order valence-corrected chi connectivity index (χ0v) is 28.0. The summed E-state index contributed by atoms with van der Waals surface area (Å²) in [4.78, 5) is 57.3. The Morgan fingerprint density at radius 3 is 2.34 bits per heavy atom. The molecule has 5 N–H and O–H groups in total. The zero-order valence-electron chi connectivity index (χ0n) is 28.0. The number of nitrogens with zero attached hydrogens (tertiary/aromatic N) is 2. The number of ether oxygens (including phenoxy) is 2. The van der Waals surface area contributed by atoms with Gasteiger partial charge in [0, 0.05) is 22.4 Å². The Morgan fingerprint density at radius 2 is 1.68 bits per heavy atom. The summed E-state index contributed by atoms with van der Waals surface area (Å²) in [7, 11) is 0. The van der Waals surface area contributed by atoms with Crippen molar-refractivity contribution in [2.45, 2.75) is 52.3 Å². The zero-order chi connectivity index (χ0) is 35.8. The van der Waals surface area contributed by atoms with Crippen molar-refractivity contribution in [1.82, 2.24) is 10.6 Å². The lowest BCUT2D eigenvalue weighted by atomic mass is 9.99. The standard InChI is InChI=1S/C38H39N5O7/c1-23-16-28(17-24(2)36(23)47)37(48)41-25(3)40-35(27-12-8-5-9-13-27)30-18-29(39)14-15-32(30)43(22-44)20-33(45)42-31-19-34(46)50-38(31)49-21-26-10-6-4-7-11-26/h4-18,22,25,31,38,47H,19-21,39H2,1-3H3,(H,41,48)(H,42,45)/b40-35-. The number of hydrogen-bond donors (Lipinski definition) is 4. The highest BCUT2D eigenvalue weighted by atomic mass is 16.7. The molecule has 0 aromatic heterocycles. The van der Waals surface area contributed by atoms with E-state index in [0.29, 0.717) is 51.3 Å². The minimum absolute atomic E-state index is 0.0862. The minimum Gasteiger partial charge on any atom is -0.507 e. The van der Waals surface area contributed by atoms with E-state index in [9.17, 15) is 24.3 Å². The van der Waals surface area contributed by atoms with Crippen molar-refractivity contribution in [2.75, 3.05) is 17.2 Å². The molecule has 1 aliphatic rings. The van der Waals surface area contributed by atoms with Crippen LogP contribution in [0.3, 0.4) is 0 Å². The van der Waals surface area contributed by atoms with E-state index in [1.54, 1.807) is 51.1 Å². The molecule has 12 nitrogen and oxygen atoms in total. The minimum atomic E-state index is -0.994. The lowest BCUT2D eigenvalue weighted by Crippen LogP contribution is -2.46. The van der Waals surface area contributed by atoms with Crippen LogP contribution in [-0.2, 0) is 30.5 Å². The fourth-order valence-electron chi connectivity index (χ4n) is 5.62. The van der Waals surface area contributed by atoms with E-state index < -0.39 is 36.9 Å². The number of cyclic esters (lactones) is 1. The van der Waals surface area contributed by atoms with Crippen LogP contribution in [0.2, 0.25) is 0 Å². The number of aromatic hydroxyl groups is 1. The molecule has 4 aromatic rings. The first kappa shape index (κ1) is 35.3. The monoisotopic (exact) mass is 677 g/mol. The van der Waals surface area contributed by atoms with Crippen LogP contribution in [0.15, 0.2) is 96.0 Å². The molecule has 258 valence electrons. The molecular weight excluding hydrogens is 638 g/mol. The molecule has 4 aromatic carbocycles. The summed E-state index contributed by atoms with van der Waals surface area (Å²) in [5.41, 5.74) is 10.9. The average molecular weight is 678 g/mol. The first-order chi connectivity index (χ1) is 24.0. The summed E-state index contributed by atoms with van der Waals surface area (Å²) < 4.78 is 11.1. The smallest absolute Gasteiger partial charge is 0.310 e. The van der Waals surface area contributed by atoms with Gasteiger partial charge in [-0.2, -0.15) is 0 Å². The number of carbonyl (C=O) groups excluding carboxylic acids is 4. The molecule has 0 spiro atoms. The van der Waals surface area contributed by atoms with Gasteiger partial charge in [-0.1, -0.05) is 60.7 Å². The second-order valence-corrected chi connectivity index (χ2v) is 12.0. The van der Waals surface area contributed by atoms with Crippen LogP contribution in [0.25, 0.3) is 0 Å². The summed E-state index contributed by atoms with van der Waals surface area (Å²) in [6.07, 6.45) is -1.30. The molecule has 1 aliphatic heterocycles. The number of phenolic OH excluding ortho intramolecular Hbond substituents is 1. The normalized spacial score (nSPS) is 16.3. The van der Waals surface area contributed by atoms with E-state index in [0.717, 1.165) is 5.56 Å². The van der Waals surface area contributed by atoms with Gasteiger partial charge in [-0.3, -0.25) is 24.2 Å². The van der Waals surface area contributed by atoms with Crippen molar-refractivity contribution < 1.29 is 33.8 Å². The van der Waals surface area contributed by atoms with Crippen molar-refractivity contribution >= 4 is 41.3 Å². The topological polar surface area (TPSA) is 173 Å². The number of rotatable bonds is 13. The number of nitrogens with two attached hydrogens (primary N) is 1. The van der Waals surface area contributed by atoms with E-state index in [1.165, 1.54) is 4.90 Å². The number of hydrogen-bond acceptors (Lipinski definition) is 9. The second kappa shape index (κ2) is 15.9. The number of anilines is 2. The Kier molecular flexibility index (Phi) is 11.2. The van der Waals surface area contributed by atoms with Gasteiger partial charge < -0.3 is 35.8 Å². The van der Waals surface area contributed by atoms with Crippen LogP contribution in [0.4, 0.5) is 11.4 Å². The molecule has 1 fully saturated rings. The highest BCUT2D eigenvalue weighted by molar-refractivity contribution is 6.17. The van der Waals surface area contributed by atoms with Gasteiger partial charge in [0.05, 0.1) is 24.4 Å². The molecule has 3 atom stereocenters. The van der Waals surface area contributed by atoms with Crippen molar-refractivity contribution in [2.24, 2.45) is 4.99 Å². The quantitative estimate of drug-likeness (QED) is 0.0708. The summed E-state index contributed by atoms with van der Waals surface area (Å²) in [6, 6.07) is 25.8. The lowest BCUT2D eigenvalue weighted by Gasteiger charge is -2.24. The van der Waals surface area contributed by atoms with Gasteiger partial charge in [0.25, 0.3) is 5.91 Å². The summed E-state index contributed by atoms with van der Waals surface area (Å²) in [6.45, 7) is 4.92. The number of nitrogen functional groups attached to an aromatic ring is 1. The van der Waals surface area contributed by atoms with Gasteiger partial charge >= 0.3 is 5.97 Å². The van der Waals surface area contributed by atoms with Gasteiger partial charge in [-0.25, -0.2) is 0 Å². The molecule has 3 amide bonds. The van der Waals surface area contributed by atoms with Crippen molar-refractivity contribution in [3.05, 3.63) is 124 Å². The molecule has 0 saturated carbocycles. The molecule has 1 saturated heterocycles. The Hall–Kier alpha value is -6.01. The van der Waals surface area contributed by atoms with Gasteiger partial charge in [0.1, 0.15) is 24.5 Å². The van der Waals surface area contributed by atoms with Crippen molar-refractivity contribution in [1.29, 1.82) is 0 Å². The molecule has 50 heavy (non-hydrogen) atoms. The van der Waals surface area contributed by atoms with Gasteiger partial charge in [0.15, 0.2) is 0 Å². The van der Waals surface area contributed by atoms with E-state index in [2.05, 4.69) is 10.6 Å². The third-order valence-electron chi connectivity index (χ3n) is 8.06. The number of aryl methyl sites for hydroxylation is 2. The molecule has 5 rings (SSSR count). The maximum Gasteiger partial charge on any atom is 0.310 e. The maximum absolute atomic E-state index is 13.3. The van der Waals surface area contributed by atoms with Gasteiger partial charge in [-0.15, -0.1) is 0 Å². The van der Waals surface area contributed by atoms with E-state index >= 15 is 0 Å². The van der Waals surface area contributed by atoms with E-state index in [1.807, 2.05) is 60.7 Å². The number of phenols is 1. The maximum atomic E-state index is 13.3. The molecule has 0 aliphatic carbocycles. The number of amides is 3. The van der Waals surface area contributed by atoms with Crippen LogP contribution >= 0.6 is 0 Å².